The van der Waals surface area contributed by atoms with Crippen molar-refractivity contribution in [1.29, 1.82) is 0 Å². The number of nitrogens with two attached hydrogens (primary N) is 1. The fraction of sp³-hybridized carbons (Fsp3) is 0.375. The number of likely N-dealkylation sites (tertiary alicyclic amines) is 1. The summed E-state index contributed by atoms with van der Waals surface area (Å²) in [5.74, 6) is -0.102. The van der Waals surface area contributed by atoms with E-state index in [1.165, 1.54) is 0 Å². The van der Waals surface area contributed by atoms with Crippen LogP contribution in [0.5, 0.6) is 0 Å². The summed E-state index contributed by atoms with van der Waals surface area (Å²) < 4.78 is 6.86. The zero-order valence-corrected chi connectivity index (χ0v) is 20.4. The van der Waals surface area contributed by atoms with E-state index in [0.29, 0.717) is 47.6 Å². The zero-order valence-electron chi connectivity index (χ0n) is 18.9. The molecule has 1 atom stereocenters. The Morgan fingerprint density at radius 2 is 2.09 bits per heavy atom. The summed E-state index contributed by atoms with van der Waals surface area (Å²) >= 11 is 12.5. The summed E-state index contributed by atoms with van der Waals surface area (Å²) in [5, 5.41) is 4.33. The highest BCUT2D eigenvalue weighted by atomic mass is 35.5. The first-order chi connectivity index (χ1) is 16.4. The van der Waals surface area contributed by atoms with Gasteiger partial charge in [0.25, 0.3) is 0 Å². The second-order valence-corrected chi connectivity index (χ2v) is 9.04. The van der Waals surface area contributed by atoms with Crippen LogP contribution in [0.25, 0.3) is 16.8 Å². The van der Waals surface area contributed by atoms with Crippen molar-refractivity contribution in [3.8, 4) is 11.1 Å². The maximum absolute atomic E-state index is 13.1. The Kier molecular flexibility index (Phi) is 7.73. The third-order valence-corrected chi connectivity index (χ3v) is 6.51. The molecule has 1 amide bonds. The molecule has 3 heterocycles. The van der Waals surface area contributed by atoms with Crippen LogP contribution in [0.4, 0.5) is 4.79 Å². The molecular weight excluding hydrogens is 477 g/mol. The minimum absolute atomic E-state index is 0.0218. The van der Waals surface area contributed by atoms with Gasteiger partial charge in [-0.15, -0.1) is 0 Å². The maximum Gasteiger partial charge on any atom is 0.409 e. The highest BCUT2D eigenvalue weighted by Gasteiger charge is 2.25. The number of piperidine rings is 1. The molecule has 1 unspecified atom stereocenters. The molecule has 1 fully saturated rings. The molecule has 0 spiro atoms. The minimum Gasteiger partial charge on any atom is -0.450 e. The zero-order chi connectivity index (χ0) is 24.2. The number of carbonyl (C=O) groups is 2. The average molecular weight is 504 g/mol. The van der Waals surface area contributed by atoms with Crippen LogP contribution in [-0.2, 0) is 11.3 Å². The Labute approximate surface area is 208 Å². The number of fused-ring (bicyclic) bond motifs is 1. The van der Waals surface area contributed by atoms with Crippen LogP contribution in [0.15, 0.2) is 36.7 Å². The van der Waals surface area contributed by atoms with Crippen LogP contribution < -0.4 is 11.1 Å². The van der Waals surface area contributed by atoms with E-state index < -0.39 is 0 Å². The second-order valence-electron chi connectivity index (χ2n) is 8.20. The number of pyridine rings is 1. The molecular formula is C24H27Cl2N5O3. The second kappa shape index (κ2) is 10.7. The van der Waals surface area contributed by atoms with E-state index in [2.05, 4.69) is 10.3 Å². The van der Waals surface area contributed by atoms with Gasteiger partial charge in [0.1, 0.15) is 11.3 Å². The molecule has 1 saturated heterocycles. The third-order valence-electron chi connectivity index (χ3n) is 5.96. The largest absolute Gasteiger partial charge is 0.450 e. The molecule has 2 aromatic heterocycles. The molecule has 0 bridgehead atoms. The van der Waals surface area contributed by atoms with Crippen molar-refractivity contribution in [2.24, 2.45) is 5.73 Å². The normalized spacial score (nSPS) is 16.1. The Morgan fingerprint density at radius 3 is 2.82 bits per heavy atom. The topological polar surface area (TPSA) is 102 Å². The van der Waals surface area contributed by atoms with Gasteiger partial charge in [-0.05, 0) is 43.5 Å². The summed E-state index contributed by atoms with van der Waals surface area (Å²) in [5.41, 5.74) is 9.52. The summed E-state index contributed by atoms with van der Waals surface area (Å²) in [6, 6.07) is 7.16. The van der Waals surface area contributed by atoms with Crippen LogP contribution in [0.1, 0.15) is 35.8 Å². The lowest BCUT2D eigenvalue weighted by atomic mass is 10.0. The quantitative estimate of drug-likeness (QED) is 0.469. The predicted octanol–water partition coefficient (Wildman–Crippen LogP) is 4.16. The summed E-state index contributed by atoms with van der Waals surface area (Å²) in [4.78, 5) is 31.2. The number of amides is 1. The van der Waals surface area contributed by atoms with Crippen LogP contribution >= 0.6 is 23.2 Å². The Morgan fingerprint density at radius 1 is 1.26 bits per heavy atom. The smallest absolute Gasteiger partial charge is 0.409 e. The number of ketones is 1. The number of hydrogen-bond acceptors (Lipinski definition) is 6. The number of rotatable bonds is 7. The van der Waals surface area contributed by atoms with E-state index >= 15 is 0 Å². The van der Waals surface area contributed by atoms with Crippen LogP contribution in [0.3, 0.4) is 0 Å². The molecule has 3 N–H and O–H groups in total. The van der Waals surface area contributed by atoms with Crippen molar-refractivity contribution in [1.82, 2.24) is 19.6 Å². The first-order valence-corrected chi connectivity index (χ1v) is 12.0. The lowest BCUT2D eigenvalue weighted by molar-refractivity contribution is 0.0904. The molecule has 180 valence electrons. The highest BCUT2D eigenvalue weighted by molar-refractivity contribution is 6.36. The molecule has 4 rings (SSSR count). The maximum atomic E-state index is 13.1. The number of Topliss-reactive ketones (excluding diaryl/α,β-unsaturated/α-hetero) is 1. The molecule has 0 radical (unpaired) electrons. The number of aromatic nitrogens is 2. The highest BCUT2D eigenvalue weighted by Crippen LogP contribution is 2.33. The van der Waals surface area contributed by atoms with Crippen molar-refractivity contribution >= 4 is 40.7 Å². The number of ether oxygens (including phenoxy) is 1. The van der Waals surface area contributed by atoms with E-state index in [-0.39, 0.29) is 24.5 Å². The van der Waals surface area contributed by atoms with E-state index in [1.807, 2.05) is 18.3 Å². The fourth-order valence-electron chi connectivity index (χ4n) is 4.24. The molecule has 1 aliphatic rings. The Hall–Kier alpha value is -2.65. The van der Waals surface area contributed by atoms with Gasteiger partial charge in [0.05, 0.1) is 19.3 Å². The van der Waals surface area contributed by atoms with Gasteiger partial charge in [-0.1, -0.05) is 29.3 Å². The first kappa shape index (κ1) is 24.5. The minimum atomic E-state index is -0.314. The summed E-state index contributed by atoms with van der Waals surface area (Å²) in [7, 11) is 0. The lowest BCUT2D eigenvalue weighted by Gasteiger charge is -2.32. The van der Waals surface area contributed by atoms with Crippen molar-refractivity contribution < 1.29 is 14.3 Å². The van der Waals surface area contributed by atoms with Gasteiger partial charge in [-0.3, -0.25) is 9.20 Å². The number of carbonyl (C=O) groups excluding carboxylic acids is 2. The van der Waals surface area contributed by atoms with Gasteiger partial charge >= 0.3 is 6.09 Å². The number of nitrogens with zero attached hydrogens (tertiary/aromatic N) is 3. The van der Waals surface area contributed by atoms with E-state index in [9.17, 15) is 9.59 Å². The molecule has 34 heavy (non-hydrogen) atoms. The number of hydrogen-bond donors (Lipinski definition) is 2. The Bertz CT molecular complexity index is 1210. The average Bonchev–Trinajstić information content (AvgIpc) is 3.25. The molecule has 8 nitrogen and oxygen atoms in total. The van der Waals surface area contributed by atoms with Gasteiger partial charge in [0.2, 0.25) is 0 Å². The van der Waals surface area contributed by atoms with Crippen molar-refractivity contribution in [2.75, 3.05) is 26.2 Å². The number of imidazole rings is 1. The van der Waals surface area contributed by atoms with Crippen molar-refractivity contribution in [3.63, 3.8) is 0 Å². The van der Waals surface area contributed by atoms with Gasteiger partial charge in [-0.2, -0.15) is 0 Å². The fourth-order valence-corrected chi connectivity index (χ4v) is 4.75. The predicted molar refractivity (Wildman–Crippen MR) is 132 cm³/mol. The van der Waals surface area contributed by atoms with Gasteiger partial charge in [0, 0.05) is 53.0 Å². The summed E-state index contributed by atoms with van der Waals surface area (Å²) in [6.07, 6.45) is 4.84. The standard InChI is InChI=1S/C24H27Cl2N5O3/c1-2-34-24(33)30-7-3-4-17(13-30)28-12-22(32)21-11-29-23-8-15(10-27)19(14-31(21)23)18-6-5-16(25)9-20(18)26/h5-6,8-9,11,14,17,28H,2-4,7,10,12-13,27H2,1H3. The van der Waals surface area contributed by atoms with E-state index in [0.717, 1.165) is 29.5 Å². The summed E-state index contributed by atoms with van der Waals surface area (Å²) in [6.45, 7) is 3.73. The van der Waals surface area contributed by atoms with Crippen molar-refractivity contribution in [2.45, 2.75) is 32.4 Å². The molecule has 0 saturated carbocycles. The van der Waals surface area contributed by atoms with Gasteiger partial charge in [0.15, 0.2) is 5.78 Å². The van der Waals surface area contributed by atoms with Gasteiger partial charge < -0.3 is 20.7 Å². The van der Waals surface area contributed by atoms with Crippen LogP contribution in [0, 0.1) is 0 Å². The number of halogens is 2. The Balaban J connectivity index is 1.54. The third kappa shape index (κ3) is 5.20. The first-order valence-electron chi connectivity index (χ1n) is 11.2. The molecule has 1 aromatic carbocycles. The monoisotopic (exact) mass is 503 g/mol. The van der Waals surface area contributed by atoms with E-state index in [1.54, 1.807) is 34.6 Å². The molecule has 1 aliphatic heterocycles. The van der Waals surface area contributed by atoms with Crippen molar-refractivity contribution in [3.05, 3.63) is 58.0 Å². The van der Waals surface area contributed by atoms with Gasteiger partial charge in [-0.25, -0.2) is 9.78 Å². The molecule has 0 aliphatic carbocycles. The lowest BCUT2D eigenvalue weighted by Crippen LogP contribution is -2.49. The van der Waals surface area contributed by atoms with E-state index in [4.69, 9.17) is 33.7 Å². The van der Waals surface area contributed by atoms with Crippen LogP contribution in [0.2, 0.25) is 10.0 Å². The molecule has 10 heteroatoms. The molecule has 3 aromatic rings. The number of nitrogens with one attached hydrogen (secondary N) is 1. The SMILES string of the molecule is CCOC(=O)N1CCCC(NCC(=O)c2cnc3cc(CN)c(-c4ccc(Cl)cc4Cl)cn23)C1. The van der Waals surface area contributed by atoms with Crippen LogP contribution in [-0.4, -0.2) is 58.4 Å². The number of benzene rings is 1.